The highest BCUT2D eigenvalue weighted by Gasteiger charge is 1.89. The van der Waals surface area contributed by atoms with Gasteiger partial charge in [-0.1, -0.05) is 27.7 Å². The topological polar surface area (TPSA) is 12.9 Å². The molecule has 0 atom stereocenters. The van der Waals surface area contributed by atoms with Crippen LogP contribution in [0.2, 0.25) is 0 Å². The summed E-state index contributed by atoms with van der Waals surface area (Å²) in [6.07, 6.45) is 2.77. The van der Waals surface area contributed by atoms with Gasteiger partial charge in [0.1, 0.15) is 5.82 Å². The molecule has 0 aliphatic rings. The van der Waals surface area contributed by atoms with E-state index < -0.39 is 0 Å². The summed E-state index contributed by atoms with van der Waals surface area (Å²) in [7, 11) is 0. The van der Waals surface area contributed by atoms with Gasteiger partial charge in [0, 0.05) is 6.20 Å². The second-order valence-electron chi connectivity index (χ2n) is 1.62. The van der Waals surface area contributed by atoms with Crippen LogP contribution < -0.4 is 0 Å². The largest absolute Gasteiger partial charge is 0.262 e. The van der Waals surface area contributed by atoms with E-state index in [0.29, 0.717) is 5.56 Å². The van der Waals surface area contributed by atoms with E-state index in [4.69, 9.17) is 0 Å². The quantitative estimate of drug-likeness (QED) is 0.581. The van der Waals surface area contributed by atoms with Crippen LogP contribution in [-0.2, 0) is 0 Å². The van der Waals surface area contributed by atoms with Crippen molar-refractivity contribution in [3.05, 3.63) is 29.8 Å². The van der Waals surface area contributed by atoms with Gasteiger partial charge >= 0.3 is 0 Å². The van der Waals surface area contributed by atoms with Crippen LogP contribution in [0.25, 0.3) is 0 Å². The first-order valence-electron chi connectivity index (χ1n) is 4.37. The van der Waals surface area contributed by atoms with Crippen molar-refractivity contribution < 1.29 is 4.39 Å². The average Bonchev–Trinajstić information content (AvgIpc) is 2.17. The Kier molecular flexibility index (Phi) is 11.5. The van der Waals surface area contributed by atoms with Gasteiger partial charge in [-0.25, -0.2) is 4.39 Å². The van der Waals surface area contributed by atoms with Crippen LogP contribution in [0.3, 0.4) is 0 Å². The summed E-state index contributed by atoms with van der Waals surface area (Å²) in [4.78, 5) is 3.57. The van der Waals surface area contributed by atoms with Gasteiger partial charge in [0.25, 0.3) is 0 Å². The average molecular weight is 171 g/mol. The molecule has 0 aliphatic heterocycles. The van der Waals surface area contributed by atoms with Crippen molar-refractivity contribution in [3.8, 4) is 0 Å². The van der Waals surface area contributed by atoms with E-state index in [1.165, 1.54) is 6.20 Å². The summed E-state index contributed by atoms with van der Waals surface area (Å²) in [6, 6.07) is 1.63. The molecule has 0 N–H and O–H groups in total. The molecular formula is C10H18FN. The maximum absolute atomic E-state index is 12.3. The standard InChI is InChI=1S/C6H6FN.2C2H6/c1-5-2-3-8-4-6(5)7;2*1-2/h2-4H,1H3;2*1-2H3. The van der Waals surface area contributed by atoms with Crippen LogP contribution in [0.1, 0.15) is 33.3 Å². The molecule has 0 radical (unpaired) electrons. The smallest absolute Gasteiger partial charge is 0.144 e. The molecule has 0 bridgehead atoms. The lowest BCUT2D eigenvalue weighted by Crippen LogP contribution is -1.80. The summed E-state index contributed by atoms with van der Waals surface area (Å²) >= 11 is 0. The maximum Gasteiger partial charge on any atom is 0.144 e. The lowest BCUT2D eigenvalue weighted by Gasteiger charge is -1.88. The van der Waals surface area contributed by atoms with Crippen LogP contribution in [0, 0.1) is 12.7 Å². The number of hydrogen-bond acceptors (Lipinski definition) is 1. The third-order valence-corrected chi connectivity index (χ3v) is 0.975. The molecule has 0 saturated carbocycles. The summed E-state index contributed by atoms with van der Waals surface area (Å²) in [6.45, 7) is 9.71. The Balaban J connectivity index is 0. The predicted molar refractivity (Wildman–Crippen MR) is 51.6 cm³/mol. The minimum Gasteiger partial charge on any atom is -0.262 e. The van der Waals surface area contributed by atoms with E-state index in [9.17, 15) is 4.39 Å². The Morgan fingerprint density at radius 2 is 1.67 bits per heavy atom. The van der Waals surface area contributed by atoms with Crippen molar-refractivity contribution in [2.45, 2.75) is 34.6 Å². The summed E-state index contributed by atoms with van der Waals surface area (Å²) in [5.41, 5.74) is 0.639. The minimum absolute atomic E-state index is 0.243. The van der Waals surface area contributed by atoms with Crippen molar-refractivity contribution >= 4 is 0 Å². The molecule has 1 aromatic heterocycles. The number of rotatable bonds is 0. The van der Waals surface area contributed by atoms with Crippen molar-refractivity contribution in [2.24, 2.45) is 0 Å². The number of hydrogen-bond donors (Lipinski definition) is 0. The fraction of sp³-hybridized carbons (Fsp3) is 0.500. The van der Waals surface area contributed by atoms with Gasteiger partial charge in [-0.15, -0.1) is 0 Å². The Bertz CT molecular complexity index is 166. The Morgan fingerprint density at radius 1 is 1.17 bits per heavy atom. The van der Waals surface area contributed by atoms with Crippen molar-refractivity contribution in [3.63, 3.8) is 0 Å². The summed E-state index contributed by atoms with van der Waals surface area (Å²) in [5.74, 6) is -0.243. The molecule has 1 heterocycles. The van der Waals surface area contributed by atoms with E-state index in [1.54, 1.807) is 19.2 Å². The Morgan fingerprint density at radius 3 is 1.92 bits per heavy atom. The van der Waals surface area contributed by atoms with Gasteiger partial charge in [0.2, 0.25) is 0 Å². The molecule has 70 valence electrons. The monoisotopic (exact) mass is 171 g/mol. The van der Waals surface area contributed by atoms with Crippen LogP contribution in [0.5, 0.6) is 0 Å². The molecule has 1 aromatic rings. The van der Waals surface area contributed by atoms with Crippen LogP contribution in [-0.4, -0.2) is 4.98 Å². The van der Waals surface area contributed by atoms with E-state index in [-0.39, 0.29) is 5.82 Å². The maximum atomic E-state index is 12.3. The van der Waals surface area contributed by atoms with Crippen molar-refractivity contribution in [1.82, 2.24) is 4.98 Å². The highest BCUT2D eigenvalue weighted by molar-refractivity contribution is 5.08. The zero-order chi connectivity index (χ0) is 9.98. The SMILES string of the molecule is CC.CC.Cc1ccncc1F. The second-order valence-corrected chi connectivity index (χ2v) is 1.62. The number of aromatic nitrogens is 1. The minimum atomic E-state index is -0.243. The van der Waals surface area contributed by atoms with Crippen LogP contribution in [0.15, 0.2) is 18.5 Å². The first-order chi connectivity index (χ1) is 5.80. The first kappa shape index (κ1) is 13.7. The fourth-order valence-corrected chi connectivity index (χ4v) is 0.445. The molecule has 0 saturated heterocycles. The number of nitrogens with zero attached hydrogens (tertiary/aromatic N) is 1. The molecule has 1 nitrogen and oxygen atoms in total. The predicted octanol–water partition coefficient (Wildman–Crippen LogP) is 3.58. The molecule has 0 aromatic carbocycles. The third-order valence-electron chi connectivity index (χ3n) is 0.975. The van der Waals surface area contributed by atoms with Gasteiger partial charge < -0.3 is 0 Å². The van der Waals surface area contributed by atoms with Gasteiger partial charge in [-0.3, -0.25) is 4.98 Å². The normalized spacial score (nSPS) is 7.17. The second kappa shape index (κ2) is 10.1. The summed E-state index contributed by atoms with van der Waals surface area (Å²) < 4.78 is 12.3. The molecular weight excluding hydrogens is 153 g/mol. The molecule has 0 unspecified atom stereocenters. The van der Waals surface area contributed by atoms with Gasteiger partial charge in [-0.2, -0.15) is 0 Å². The molecule has 0 amide bonds. The first-order valence-corrected chi connectivity index (χ1v) is 4.37. The van der Waals surface area contributed by atoms with E-state index in [0.717, 1.165) is 0 Å². The van der Waals surface area contributed by atoms with Gasteiger partial charge in [0.05, 0.1) is 6.20 Å². The number of halogens is 1. The van der Waals surface area contributed by atoms with E-state index >= 15 is 0 Å². The molecule has 12 heavy (non-hydrogen) atoms. The third kappa shape index (κ3) is 5.83. The molecule has 2 heteroatoms. The molecule has 0 spiro atoms. The van der Waals surface area contributed by atoms with Gasteiger partial charge in [-0.05, 0) is 18.6 Å². The zero-order valence-corrected chi connectivity index (χ0v) is 8.56. The number of pyridine rings is 1. The summed E-state index contributed by atoms with van der Waals surface area (Å²) in [5, 5.41) is 0. The Labute approximate surface area is 74.7 Å². The van der Waals surface area contributed by atoms with E-state index in [1.807, 2.05) is 27.7 Å². The zero-order valence-electron chi connectivity index (χ0n) is 8.56. The van der Waals surface area contributed by atoms with E-state index in [2.05, 4.69) is 4.98 Å². The van der Waals surface area contributed by atoms with Crippen molar-refractivity contribution in [1.29, 1.82) is 0 Å². The number of aryl methyl sites for hydroxylation is 1. The van der Waals surface area contributed by atoms with Crippen LogP contribution in [0.4, 0.5) is 4.39 Å². The lowest BCUT2D eigenvalue weighted by molar-refractivity contribution is 0.612. The van der Waals surface area contributed by atoms with Crippen molar-refractivity contribution in [2.75, 3.05) is 0 Å². The highest BCUT2D eigenvalue weighted by atomic mass is 19.1. The lowest BCUT2D eigenvalue weighted by atomic mass is 10.3. The van der Waals surface area contributed by atoms with Crippen LogP contribution >= 0.6 is 0 Å². The Hall–Kier alpha value is -0.920. The molecule has 0 aliphatic carbocycles. The molecule has 1 rings (SSSR count). The van der Waals surface area contributed by atoms with Gasteiger partial charge in [0.15, 0.2) is 0 Å². The molecule has 0 fully saturated rings. The highest BCUT2D eigenvalue weighted by Crippen LogP contribution is 1.99. The fourth-order valence-electron chi connectivity index (χ4n) is 0.445.